The van der Waals surface area contributed by atoms with E-state index < -0.39 is 5.41 Å². The molecule has 2 fully saturated rings. The summed E-state index contributed by atoms with van der Waals surface area (Å²) in [5, 5.41) is 3.33. The quantitative estimate of drug-likeness (QED) is 0.708. The normalized spacial score (nSPS) is 21.1. The molecule has 4 rings (SSSR count). The number of hydrogen-bond acceptors (Lipinski definition) is 4. The Kier molecular flexibility index (Phi) is 7.48. The Morgan fingerprint density at radius 3 is 2.66 bits per heavy atom. The Balaban J connectivity index is 1.49. The van der Waals surface area contributed by atoms with E-state index in [1.807, 2.05) is 12.1 Å². The minimum absolute atomic E-state index is 0.195. The van der Waals surface area contributed by atoms with Crippen LogP contribution in [0.5, 0.6) is 5.75 Å². The van der Waals surface area contributed by atoms with Gasteiger partial charge >= 0.3 is 0 Å². The maximum atomic E-state index is 13.5. The third-order valence-corrected chi connectivity index (χ3v) is 7.08. The van der Waals surface area contributed by atoms with E-state index >= 15 is 0 Å². The lowest BCUT2D eigenvalue weighted by molar-refractivity contribution is -0.137. The zero-order valence-corrected chi connectivity index (χ0v) is 19.4. The second kappa shape index (κ2) is 10.5. The van der Waals surface area contributed by atoms with Crippen molar-refractivity contribution in [3.8, 4) is 16.9 Å². The van der Waals surface area contributed by atoms with Crippen LogP contribution in [-0.2, 0) is 16.0 Å². The smallest absolute Gasteiger partial charge is 0.226 e. The number of methoxy groups -OCH3 is 1. The van der Waals surface area contributed by atoms with Gasteiger partial charge in [0.1, 0.15) is 5.75 Å². The van der Waals surface area contributed by atoms with Crippen molar-refractivity contribution in [3.05, 3.63) is 54.1 Å². The molecule has 5 heteroatoms. The molecule has 2 aromatic rings. The Morgan fingerprint density at radius 2 is 1.91 bits per heavy atom. The zero-order chi connectivity index (χ0) is 22.4. The van der Waals surface area contributed by atoms with E-state index in [0.29, 0.717) is 19.1 Å². The first-order valence-corrected chi connectivity index (χ1v) is 11.9. The number of likely N-dealkylation sites (tertiary alicyclic amines) is 1. The van der Waals surface area contributed by atoms with E-state index in [2.05, 4.69) is 53.7 Å². The highest BCUT2D eigenvalue weighted by Crippen LogP contribution is 2.36. The predicted molar refractivity (Wildman–Crippen MR) is 128 cm³/mol. The van der Waals surface area contributed by atoms with Crippen LogP contribution in [0.4, 0.5) is 0 Å². The minimum atomic E-state index is -0.397. The summed E-state index contributed by atoms with van der Waals surface area (Å²) in [4.78, 5) is 15.9. The molecule has 0 saturated carbocycles. The molecule has 0 radical (unpaired) electrons. The van der Waals surface area contributed by atoms with Gasteiger partial charge in [0.05, 0.1) is 12.5 Å². The number of carbonyl (C=O) groups excluding carboxylic acids is 1. The Bertz CT molecular complexity index is 907. The standard InChI is InChI=1S/C27H36N2O3/c1-29-13-5-7-22(20-29)19-28-26(30)27(11-14-32-15-12-27)18-21-6-3-8-23(16-21)24-9-4-10-25(17-24)31-2/h3-4,6,8-10,16-17,22H,5,7,11-15,18-20H2,1-2H3,(H,28,30)/t22-/m0/s1. The fourth-order valence-electron chi connectivity index (χ4n) is 5.16. The lowest BCUT2D eigenvalue weighted by Crippen LogP contribution is -2.48. The molecule has 32 heavy (non-hydrogen) atoms. The first-order valence-electron chi connectivity index (χ1n) is 11.9. The molecule has 0 bridgehead atoms. The highest BCUT2D eigenvalue weighted by Gasteiger charge is 2.40. The SMILES string of the molecule is COc1cccc(-c2cccc(CC3(C(=O)NC[C@@H]4CCCN(C)C4)CCOCC3)c2)c1. The van der Waals surface area contributed by atoms with Crippen molar-refractivity contribution in [2.75, 3.05) is 47.0 Å². The van der Waals surface area contributed by atoms with Crippen LogP contribution in [0, 0.1) is 11.3 Å². The fraction of sp³-hybridized carbons (Fsp3) is 0.519. The van der Waals surface area contributed by atoms with E-state index in [1.165, 1.54) is 18.4 Å². The number of hydrogen-bond donors (Lipinski definition) is 1. The van der Waals surface area contributed by atoms with Crippen LogP contribution in [0.15, 0.2) is 48.5 Å². The van der Waals surface area contributed by atoms with Crippen molar-refractivity contribution in [1.29, 1.82) is 0 Å². The fourth-order valence-corrected chi connectivity index (χ4v) is 5.16. The molecule has 1 N–H and O–H groups in total. The number of ether oxygens (including phenoxy) is 2. The lowest BCUT2D eigenvalue weighted by atomic mass is 9.74. The second-order valence-electron chi connectivity index (χ2n) is 9.48. The van der Waals surface area contributed by atoms with E-state index in [0.717, 1.165) is 55.8 Å². The number of nitrogens with zero attached hydrogens (tertiary/aromatic N) is 1. The molecule has 0 spiro atoms. The zero-order valence-electron chi connectivity index (χ0n) is 19.4. The average Bonchev–Trinajstić information content (AvgIpc) is 2.83. The summed E-state index contributed by atoms with van der Waals surface area (Å²) in [6, 6.07) is 16.7. The first-order chi connectivity index (χ1) is 15.6. The van der Waals surface area contributed by atoms with Crippen molar-refractivity contribution in [3.63, 3.8) is 0 Å². The van der Waals surface area contributed by atoms with Crippen LogP contribution < -0.4 is 10.1 Å². The van der Waals surface area contributed by atoms with E-state index in [9.17, 15) is 4.79 Å². The molecule has 1 amide bonds. The maximum Gasteiger partial charge on any atom is 0.226 e. The molecule has 5 nitrogen and oxygen atoms in total. The van der Waals surface area contributed by atoms with Crippen LogP contribution in [0.2, 0.25) is 0 Å². The minimum Gasteiger partial charge on any atom is -0.497 e. The van der Waals surface area contributed by atoms with E-state index in [1.54, 1.807) is 7.11 Å². The highest BCUT2D eigenvalue weighted by molar-refractivity contribution is 5.83. The lowest BCUT2D eigenvalue weighted by Gasteiger charge is -2.37. The summed E-state index contributed by atoms with van der Waals surface area (Å²) in [7, 11) is 3.86. The summed E-state index contributed by atoms with van der Waals surface area (Å²) in [6.45, 7) is 4.30. The number of benzene rings is 2. The number of piperidine rings is 1. The highest BCUT2D eigenvalue weighted by atomic mass is 16.5. The first kappa shape index (κ1) is 22.8. The second-order valence-corrected chi connectivity index (χ2v) is 9.48. The van der Waals surface area contributed by atoms with Gasteiger partial charge in [-0.15, -0.1) is 0 Å². The van der Waals surface area contributed by atoms with Gasteiger partial charge in [0.2, 0.25) is 5.91 Å². The van der Waals surface area contributed by atoms with Gasteiger partial charge in [-0.2, -0.15) is 0 Å². The van der Waals surface area contributed by atoms with Gasteiger partial charge in [-0.1, -0.05) is 36.4 Å². The number of carbonyl (C=O) groups is 1. The van der Waals surface area contributed by atoms with Gasteiger partial charge < -0.3 is 19.7 Å². The molecule has 2 aliphatic heterocycles. The van der Waals surface area contributed by atoms with Gasteiger partial charge in [-0.05, 0) is 80.4 Å². The molecule has 2 heterocycles. The summed E-state index contributed by atoms with van der Waals surface area (Å²) in [6.07, 6.45) is 4.69. The van der Waals surface area contributed by atoms with Gasteiger partial charge in [0, 0.05) is 26.3 Å². The van der Waals surface area contributed by atoms with Crippen molar-refractivity contribution >= 4 is 5.91 Å². The van der Waals surface area contributed by atoms with Crippen LogP contribution in [0.1, 0.15) is 31.2 Å². The topological polar surface area (TPSA) is 50.8 Å². The molecule has 172 valence electrons. The van der Waals surface area contributed by atoms with Crippen LogP contribution >= 0.6 is 0 Å². The van der Waals surface area contributed by atoms with Crippen molar-refractivity contribution in [1.82, 2.24) is 10.2 Å². The monoisotopic (exact) mass is 436 g/mol. The molecule has 0 aromatic heterocycles. The Labute approximate surface area is 192 Å². The summed E-state index contributed by atoms with van der Waals surface area (Å²) < 4.78 is 11.0. The van der Waals surface area contributed by atoms with Gasteiger partial charge in [0.15, 0.2) is 0 Å². The molecule has 0 aliphatic carbocycles. The third-order valence-electron chi connectivity index (χ3n) is 7.08. The maximum absolute atomic E-state index is 13.5. The van der Waals surface area contributed by atoms with Crippen molar-refractivity contribution in [2.24, 2.45) is 11.3 Å². The number of rotatable bonds is 7. The molecular weight excluding hydrogens is 400 g/mol. The summed E-state index contributed by atoms with van der Waals surface area (Å²) >= 11 is 0. The predicted octanol–water partition coefficient (Wildman–Crippen LogP) is 4.16. The largest absolute Gasteiger partial charge is 0.497 e. The van der Waals surface area contributed by atoms with E-state index in [-0.39, 0.29) is 5.91 Å². The van der Waals surface area contributed by atoms with Crippen LogP contribution in [0.3, 0.4) is 0 Å². The van der Waals surface area contributed by atoms with Gasteiger partial charge in [-0.3, -0.25) is 4.79 Å². The summed E-state index contributed by atoms with van der Waals surface area (Å²) in [5.41, 5.74) is 3.07. The van der Waals surface area contributed by atoms with Crippen molar-refractivity contribution in [2.45, 2.75) is 32.1 Å². The molecular formula is C27H36N2O3. The van der Waals surface area contributed by atoms with Crippen LogP contribution in [-0.4, -0.2) is 57.8 Å². The van der Waals surface area contributed by atoms with Crippen LogP contribution in [0.25, 0.3) is 11.1 Å². The third kappa shape index (κ3) is 5.51. The molecule has 2 saturated heterocycles. The van der Waals surface area contributed by atoms with Crippen molar-refractivity contribution < 1.29 is 14.3 Å². The molecule has 2 aliphatic rings. The Hall–Kier alpha value is -2.37. The Morgan fingerprint density at radius 1 is 1.16 bits per heavy atom. The molecule has 1 atom stereocenters. The van der Waals surface area contributed by atoms with Gasteiger partial charge in [0.25, 0.3) is 0 Å². The molecule has 0 unspecified atom stereocenters. The number of amides is 1. The van der Waals surface area contributed by atoms with Gasteiger partial charge in [-0.25, -0.2) is 0 Å². The number of nitrogens with one attached hydrogen (secondary N) is 1. The molecule has 2 aromatic carbocycles. The van der Waals surface area contributed by atoms with E-state index in [4.69, 9.17) is 9.47 Å². The average molecular weight is 437 g/mol. The summed E-state index contributed by atoms with van der Waals surface area (Å²) in [5.74, 6) is 1.59.